The standard InChI is InChI=1S/C25H25N3O3S/c1-4-31-20-8-9-21-23(14-20)32-25(27-21)28(16-19-6-5-11-26-15-19)24(29)13-18-7-10-22(30-3)17(2)12-18/h5-12,14-15H,4,13,16H2,1-3H3. The van der Waals surface area contributed by atoms with Crippen molar-refractivity contribution in [3.05, 3.63) is 77.6 Å². The third-order valence-electron chi connectivity index (χ3n) is 5.07. The second-order valence-electron chi connectivity index (χ2n) is 7.38. The van der Waals surface area contributed by atoms with Crippen LogP contribution in [0.15, 0.2) is 60.9 Å². The van der Waals surface area contributed by atoms with Crippen molar-refractivity contribution >= 4 is 32.6 Å². The van der Waals surface area contributed by atoms with Crippen LogP contribution in [0.5, 0.6) is 11.5 Å². The van der Waals surface area contributed by atoms with Crippen LogP contribution in [0.25, 0.3) is 10.2 Å². The van der Waals surface area contributed by atoms with Gasteiger partial charge in [-0.3, -0.25) is 14.7 Å². The molecule has 0 spiro atoms. The fourth-order valence-electron chi connectivity index (χ4n) is 3.52. The summed E-state index contributed by atoms with van der Waals surface area (Å²) in [6.07, 6.45) is 3.77. The maximum absolute atomic E-state index is 13.4. The fourth-order valence-corrected chi connectivity index (χ4v) is 4.53. The Hall–Kier alpha value is -3.45. The highest BCUT2D eigenvalue weighted by Gasteiger charge is 2.21. The monoisotopic (exact) mass is 447 g/mol. The zero-order chi connectivity index (χ0) is 22.5. The van der Waals surface area contributed by atoms with E-state index in [4.69, 9.17) is 14.5 Å². The summed E-state index contributed by atoms with van der Waals surface area (Å²) in [6, 6.07) is 15.5. The number of aromatic nitrogens is 2. The summed E-state index contributed by atoms with van der Waals surface area (Å²) in [5.41, 5.74) is 3.73. The van der Waals surface area contributed by atoms with E-state index in [1.807, 2.05) is 62.4 Å². The molecule has 0 aliphatic carbocycles. The number of methoxy groups -OCH3 is 1. The predicted octanol–water partition coefficient (Wildman–Crippen LogP) is 5.18. The van der Waals surface area contributed by atoms with E-state index in [-0.39, 0.29) is 12.3 Å². The van der Waals surface area contributed by atoms with E-state index in [0.29, 0.717) is 18.3 Å². The van der Waals surface area contributed by atoms with Crippen LogP contribution in [0, 0.1) is 6.92 Å². The number of thiazole rings is 1. The van der Waals surface area contributed by atoms with Gasteiger partial charge in [0.05, 0.1) is 36.9 Å². The maximum Gasteiger partial charge on any atom is 0.233 e. The Labute approximate surface area is 191 Å². The van der Waals surface area contributed by atoms with Gasteiger partial charge in [0.15, 0.2) is 5.13 Å². The van der Waals surface area contributed by atoms with E-state index >= 15 is 0 Å². The van der Waals surface area contributed by atoms with Gasteiger partial charge in [0.1, 0.15) is 11.5 Å². The van der Waals surface area contributed by atoms with Crippen LogP contribution in [0.3, 0.4) is 0 Å². The number of anilines is 1. The number of hydrogen-bond acceptors (Lipinski definition) is 6. The molecule has 0 atom stereocenters. The Morgan fingerprint density at radius 3 is 2.72 bits per heavy atom. The van der Waals surface area contributed by atoms with Gasteiger partial charge in [-0.1, -0.05) is 29.5 Å². The average molecular weight is 448 g/mol. The molecule has 0 saturated carbocycles. The minimum Gasteiger partial charge on any atom is -0.496 e. The number of fused-ring (bicyclic) bond motifs is 1. The molecule has 1 amide bonds. The second kappa shape index (κ2) is 9.78. The minimum atomic E-state index is -0.0255. The van der Waals surface area contributed by atoms with Crippen molar-refractivity contribution in [2.24, 2.45) is 0 Å². The molecule has 0 unspecified atom stereocenters. The smallest absolute Gasteiger partial charge is 0.233 e. The molecule has 6 nitrogen and oxygen atoms in total. The lowest BCUT2D eigenvalue weighted by Gasteiger charge is -2.20. The van der Waals surface area contributed by atoms with Gasteiger partial charge in [0, 0.05) is 12.4 Å². The third-order valence-corrected chi connectivity index (χ3v) is 6.11. The number of benzene rings is 2. The first-order valence-corrected chi connectivity index (χ1v) is 11.2. The van der Waals surface area contributed by atoms with E-state index in [9.17, 15) is 4.79 Å². The number of rotatable bonds is 8. The van der Waals surface area contributed by atoms with E-state index < -0.39 is 0 Å². The molecule has 7 heteroatoms. The first-order valence-electron chi connectivity index (χ1n) is 10.4. The molecule has 0 N–H and O–H groups in total. The first-order chi connectivity index (χ1) is 15.6. The van der Waals surface area contributed by atoms with Crippen molar-refractivity contribution in [1.29, 1.82) is 0 Å². The number of amides is 1. The van der Waals surface area contributed by atoms with Crippen molar-refractivity contribution < 1.29 is 14.3 Å². The van der Waals surface area contributed by atoms with Gasteiger partial charge in [-0.15, -0.1) is 0 Å². The van der Waals surface area contributed by atoms with Crippen molar-refractivity contribution in [3.63, 3.8) is 0 Å². The number of nitrogens with zero attached hydrogens (tertiary/aromatic N) is 3. The summed E-state index contributed by atoms with van der Waals surface area (Å²) in [4.78, 5) is 24.1. The van der Waals surface area contributed by atoms with E-state index in [0.717, 1.165) is 38.4 Å². The molecule has 2 aromatic heterocycles. The molecule has 2 aromatic carbocycles. The third kappa shape index (κ3) is 4.89. The van der Waals surface area contributed by atoms with Gasteiger partial charge in [0.2, 0.25) is 5.91 Å². The lowest BCUT2D eigenvalue weighted by atomic mass is 10.1. The second-order valence-corrected chi connectivity index (χ2v) is 8.39. The minimum absolute atomic E-state index is 0.0255. The van der Waals surface area contributed by atoms with Crippen molar-refractivity contribution in [3.8, 4) is 11.5 Å². The van der Waals surface area contributed by atoms with Gasteiger partial charge < -0.3 is 9.47 Å². The molecule has 164 valence electrons. The van der Waals surface area contributed by atoms with Crippen LogP contribution in [0.2, 0.25) is 0 Å². The summed E-state index contributed by atoms with van der Waals surface area (Å²) < 4.78 is 11.9. The molecular weight excluding hydrogens is 422 g/mol. The number of aryl methyl sites for hydroxylation is 1. The van der Waals surface area contributed by atoms with Crippen LogP contribution in [0.4, 0.5) is 5.13 Å². The summed E-state index contributed by atoms with van der Waals surface area (Å²) in [6.45, 7) is 4.94. The summed E-state index contributed by atoms with van der Waals surface area (Å²) in [5.74, 6) is 1.58. The topological polar surface area (TPSA) is 64.5 Å². The van der Waals surface area contributed by atoms with Crippen LogP contribution in [-0.4, -0.2) is 29.6 Å². The Morgan fingerprint density at radius 2 is 2.00 bits per heavy atom. The summed E-state index contributed by atoms with van der Waals surface area (Å²) in [5, 5.41) is 0.660. The maximum atomic E-state index is 13.4. The molecule has 0 bridgehead atoms. The predicted molar refractivity (Wildman–Crippen MR) is 128 cm³/mol. The number of hydrogen-bond donors (Lipinski definition) is 0. The lowest BCUT2D eigenvalue weighted by molar-refractivity contribution is -0.118. The van der Waals surface area contributed by atoms with Gasteiger partial charge in [-0.25, -0.2) is 4.98 Å². The van der Waals surface area contributed by atoms with Crippen LogP contribution < -0.4 is 14.4 Å². The highest BCUT2D eigenvalue weighted by molar-refractivity contribution is 7.22. The van der Waals surface area contributed by atoms with E-state index in [1.54, 1.807) is 24.4 Å². The van der Waals surface area contributed by atoms with Gasteiger partial charge in [0.25, 0.3) is 0 Å². The van der Waals surface area contributed by atoms with E-state index in [2.05, 4.69) is 4.98 Å². The highest BCUT2D eigenvalue weighted by Crippen LogP contribution is 2.33. The number of carbonyl (C=O) groups is 1. The molecule has 2 heterocycles. The highest BCUT2D eigenvalue weighted by atomic mass is 32.1. The molecule has 4 rings (SSSR count). The SMILES string of the molecule is CCOc1ccc2nc(N(Cc3cccnc3)C(=O)Cc3ccc(OC)c(C)c3)sc2c1. The van der Waals surface area contributed by atoms with Crippen LogP contribution >= 0.6 is 11.3 Å². The van der Waals surface area contributed by atoms with E-state index in [1.165, 1.54) is 11.3 Å². The van der Waals surface area contributed by atoms with Crippen molar-refractivity contribution in [2.75, 3.05) is 18.6 Å². The molecule has 4 aromatic rings. The quantitative estimate of drug-likeness (QED) is 0.372. The Bertz CT molecular complexity index is 1220. The normalized spacial score (nSPS) is 10.8. The molecule has 0 radical (unpaired) electrons. The summed E-state index contributed by atoms with van der Waals surface area (Å²) >= 11 is 1.49. The van der Waals surface area contributed by atoms with Gasteiger partial charge in [-0.2, -0.15) is 0 Å². The van der Waals surface area contributed by atoms with Crippen molar-refractivity contribution in [1.82, 2.24) is 9.97 Å². The number of pyridine rings is 1. The molecule has 0 aliphatic heterocycles. The lowest BCUT2D eigenvalue weighted by Crippen LogP contribution is -2.31. The van der Waals surface area contributed by atoms with Crippen molar-refractivity contribution in [2.45, 2.75) is 26.8 Å². The van der Waals surface area contributed by atoms with Crippen LogP contribution in [-0.2, 0) is 17.8 Å². The largest absolute Gasteiger partial charge is 0.496 e. The Morgan fingerprint density at radius 1 is 1.12 bits per heavy atom. The molecule has 32 heavy (non-hydrogen) atoms. The Balaban J connectivity index is 1.66. The first kappa shape index (κ1) is 21.8. The molecule has 0 saturated heterocycles. The van der Waals surface area contributed by atoms with Crippen LogP contribution in [0.1, 0.15) is 23.6 Å². The van der Waals surface area contributed by atoms with Gasteiger partial charge >= 0.3 is 0 Å². The Kier molecular flexibility index (Phi) is 6.66. The molecular formula is C25H25N3O3S. The zero-order valence-corrected chi connectivity index (χ0v) is 19.2. The summed E-state index contributed by atoms with van der Waals surface area (Å²) in [7, 11) is 1.65. The molecule has 0 fully saturated rings. The van der Waals surface area contributed by atoms with Gasteiger partial charge in [-0.05, 0) is 60.9 Å². The zero-order valence-electron chi connectivity index (χ0n) is 18.4. The average Bonchev–Trinajstić information content (AvgIpc) is 3.21. The number of ether oxygens (including phenoxy) is 2. The number of carbonyl (C=O) groups excluding carboxylic acids is 1. The molecule has 0 aliphatic rings. The fraction of sp³-hybridized carbons (Fsp3) is 0.240.